The van der Waals surface area contributed by atoms with Crippen LogP contribution in [0.1, 0.15) is 25.3 Å². The third-order valence-corrected chi connectivity index (χ3v) is 4.56. The molecule has 0 atom stereocenters. The molecule has 0 fully saturated rings. The van der Waals surface area contributed by atoms with Crippen LogP contribution in [0.5, 0.6) is 0 Å². The maximum absolute atomic E-state index is 2.45. The largest absolute Gasteiger partial charge is 0.0727 e. The van der Waals surface area contributed by atoms with E-state index in [1.165, 1.54) is 30.0 Å². The summed E-state index contributed by atoms with van der Waals surface area (Å²) in [6.07, 6.45) is 4.91. The monoisotopic (exact) mass is 232 g/mol. The van der Waals surface area contributed by atoms with Gasteiger partial charge in [0.05, 0.1) is 0 Å². The van der Waals surface area contributed by atoms with Gasteiger partial charge in [-0.1, -0.05) is 74.1 Å². The first-order valence-electron chi connectivity index (χ1n) is 6.20. The minimum Gasteiger partial charge on any atom is -0.0727 e. The molecular weight excluding hydrogens is 208 g/mol. The van der Waals surface area contributed by atoms with E-state index in [9.17, 15) is 0 Å². The predicted molar refractivity (Wildman–Crippen MR) is 77.5 cm³/mol. The van der Waals surface area contributed by atoms with E-state index in [0.29, 0.717) is 0 Å². The van der Waals surface area contributed by atoms with Gasteiger partial charge in [0.1, 0.15) is 0 Å². The lowest BCUT2D eigenvalue weighted by Gasteiger charge is -2.15. The third-order valence-electron chi connectivity index (χ3n) is 2.71. The second-order valence-corrected chi connectivity index (χ2v) is 11.4. The summed E-state index contributed by atoms with van der Waals surface area (Å²) in [5.41, 5.74) is 2.83. The van der Waals surface area contributed by atoms with Gasteiger partial charge in [0.25, 0.3) is 0 Å². The molecule has 1 rings (SSSR count). The number of hydrogen-bond donors (Lipinski definition) is 0. The molecule has 0 saturated heterocycles. The van der Waals surface area contributed by atoms with Crippen LogP contribution in [0.15, 0.2) is 35.9 Å². The normalized spacial score (nSPS) is 12.9. The van der Waals surface area contributed by atoms with Crippen LogP contribution in [0.2, 0.25) is 25.7 Å². The highest BCUT2D eigenvalue weighted by atomic mass is 28.3. The quantitative estimate of drug-likeness (QED) is 0.611. The maximum Gasteiger partial charge on any atom is 0.0442 e. The molecule has 0 aliphatic carbocycles. The van der Waals surface area contributed by atoms with Gasteiger partial charge in [-0.15, -0.1) is 0 Å². The molecule has 1 aromatic rings. The van der Waals surface area contributed by atoms with E-state index >= 15 is 0 Å². The Labute approximate surface area is 101 Å². The summed E-state index contributed by atoms with van der Waals surface area (Å²) in [5, 5.41) is 0. The average molecular weight is 232 g/mol. The molecule has 0 aliphatic heterocycles. The summed E-state index contributed by atoms with van der Waals surface area (Å²) in [6.45, 7) is 9.59. The zero-order valence-electron chi connectivity index (χ0n) is 11.1. The molecule has 16 heavy (non-hydrogen) atoms. The van der Waals surface area contributed by atoms with Gasteiger partial charge in [-0.05, 0) is 18.9 Å². The molecule has 0 unspecified atom stereocenters. The molecule has 0 amide bonds. The molecule has 0 radical (unpaired) electrons. The first kappa shape index (κ1) is 13.2. The molecule has 1 heteroatoms. The lowest BCUT2D eigenvalue weighted by atomic mass is 10.1. The van der Waals surface area contributed by atoms with E-state index in [4.69, 9.17) is 0 Å². The van der Waals surface area contributed by atoms with Crippen molar-refractivity contribution in [2.45, 2.75) is 45.5 Å². The highest BCUT2D eigenvalue weighted by molar-refractivity contribution is 6.76. The van der Waals surface area contributed by atoms with Crippen LogP contribution >= 0.6 is 0 Å². The second-order valence-electron chi connectivity index (χ2n) is 5.82. The highest BCUT2D eigenvalue weighted by Gasteiger charge is 2.11. The van der Waals surface area contributed by atoms with E-state index in [1.54, 1.807) is 0 Å². The van der Waals surface area contributed by atoms with Crippen LogP contribution in [-0.2, 0) is 0 Å². The Kier molecular flexibility index (Phi) is 5.00. The van der Waals surface area contributed by atoms with Gasteiger partial charge in [0, 0.05) is 8.07 Å². The van der Waals surface area contributed by atoms with E-state index < -0.39 is 8.07 Å². The van der Waals surface area contributed by atoms with Crippen molar-refractivity contribution < 1.29 is 0 Å². The number of rotatable bonds is 5. The van der Waals surface area contributed by atoms with Gasteiger partial charge in [-0.3, -0.25) is 0 Å². The Hall–Kier alpha value is -0.823. The SMILES string of the molecule is C/C(=C\c1ccccc1)CCC[Si](C)(C)C. The average Bonchev–Trinajstić information content (AvgIpc) is 2.17. The zero-order valence-corrected chi connectivity index (χ0v) is 12.1. The molecule has 0 bridgehead atoms. The topological polar surface area (TPSA) is 0 Å². The van der Waals surface area contributed by atoms with Gasteiger partial charge in [-0.25, -0.2) is 0 Å². The van der Waals surface area contributed by atoms with Crippen LogP contribution in [-0.4, -0.2) is 8.07 Å². The van der Waals surface area contributed by atoms with Crippen molar-refractivity contribution in [2.24, 2.45) is 0 Å². The first-order valence-corrected chi connectivity index (χ1v) is 9.90. The fourth-order valence-electron chi connectivity index (χ4n) is 1.80. The first-order chi connectivity index (χ1) is 7.47. The molecule has 0 nitrogen and oxygen atoms in total. The van der Waals surface area contributed by atoms with E-state index in [2.05, 4.69) is 63.0 Å². The van der Waals surface area contributed by atoms with Crippen LogP contribution in [0.3, 0.4) is 0 Å². The fourth-order valence-corrected chi connectivity index (χ4v) is 3.04. The summed E-state index contributed by atoms with van der Waals surface area (Å²) in [4.78, 5) is 0. The minimum atomic E-state index is -0.843. The number of allylic oxidation sites excluding steroid dienone is 1. The smallest absolute Gasteiger partial charge is 0.0442 e. The van der Waals surface area contributed by atoms with Crippen molar-refractivity contribution >= 4 is 14.1 Å². The lowest BCUT2D eigenvalue weighted by molar-refractivity contribution is 0.893. The van der Waals surface area contributed by atoms with Crippen molar-refractivity contribution in [3.8, 4) is 0 Å². The molecule has 88 valence electrons. The van der Waals surface area contributed by atoms with Crippen molar-refractivity contribution in [3.63, 3.8) is 0 Å². The van der Waals surface area contributed by atoms with E-state index in [1.807, 2.05) is 0 Å². The molecule has 0 heterocycles. The second kappa shape index (κ2) is 6.05. The minimum absolute atomic E-state index is 0.843. The van der Waals surface area contributed by atoms with Gasteiger partial charge < -0.3 is 0 Å². The van der Waals surface area contributed by atoms with Gasteiger partial charge in [-0.2, -0.15) is 0 Å². The van der Waals surface area contributed by atoms with Crippen LogP contribution in [0, 0.1) is 0 Å². The van der Waals surface area contributed by atoms with E-state index in [-0.39, 0.29) is 0 Å². The fraction of sp³-hybridized carbons (Fsp3) is 0.467. The van der Waals surface area contributed by atoms with Crippen molar-refractivity contribution in [1.29, 1.82) is 0 Å². The lowest BCUT2D eigenvalue weighted by Crippen LogP contribution is -2.18. The summed E-state index contributed by atoms with van der Waals surface area (Å²) in [5.74, 6) is 0. The Balaban J connectivity index is 2.41. The molecule has 0 N–H and O–H groups in total. The Morgan fingerprint density at radius 3 is 2.31 bits per heavy atom. The Morgan fingerprint density at radius 2 is 1.75 bits per heavy atom. The third kappa shape index (κ3) is 5.91. The van der Waals surface area contributed by atoms with Gasteiger partial charge >= 0.3 is 0 Å². The predicted octanol–water partition coefficient (Wildman–Crippen LogP) is 5.21. The maximum atomic E-state index is 2.45. The summed E-state index contributed by atoms with van der Waals surface area (Å²) in [7, 11) is -0.843. The summed E-state index contributed by atoms with van der Waals surface area (Å²) >= 11 is 0. The van der Waals surface area contributed by atoms with Gasteiger partial charge in [0.2, 0.25) is 0 Å². The Morgan fingerprint density at radius 1 is 1.12 bits per heavy atom. The molecule has 0 spiro atoms. The van der Waals surface area contributed by atoms with Gasteiger partial charge in [0.15, 0.2) is 0 Å². The van der Waals surface area contributed by atoms with E-state index in [0.717, 1.165) is 0 Å². The molecule has 0 aliphatic rings. The standard InChI is InChI=1S/C15H24Si/c1-14(9-8-12-16(2,3)4)13-15-10-6-5-7-11-15/h5-7,10-11,13H,8-9,12H2,1-4H3/b14-13+. The molecule has 1 aromatic carbocycles. The van der Waals surface area contributed by atoms with Crippen molar-refractivity contribution in [2.75, 3.05) is 0 Å². The molecule has 0 saturated carbocycles. The number of benzene rings is 1. The van der Waals surface area contributed by atoms with Crippen LogP contribution in [0.4, 0.5) is 0 Å². The molecule has 0 aromatic heterocycles. The summed E-state index contributed by atoms with van der Waals surface area (Å²) < 4.78 is 0. The summed E-state index contributed by atoms with van der Waals surface area (Å²) in [6, 6.07) is 12.0. The number of hydrogen-bond acceptors (Lipinski definition) is 0. The zero-order chi connectivity index (χ0) is 12.0. The van der Waals surface area contributed by atoms with Crippen LogP contribution < -0.4 is 0 Å². The van der Waals surface area contributed by atoms with Crippen molar-refractivity contribution in [1.82, 2.24) is 0 Å². The van der Waals surface area contributed by atoms with Crippen LogP contribution in [0.25, 0.3) is 6.08 Å². The molecular formula is C15H24Si. The van der Waals surface area contributed by atoms with Crippen molar-refractivity contribution in [3.05, 3.63) is 41.5 Å². The Bertz CT molecular complexity index is 330. The highest BCUT2D eigenvalue weighted by Crippen LogP contribution is 2.17.